The molecule has 0 aliphatic heterocycles. The van der Waals surface area contributed by atoms with Gasteiger partial charge in [0.1, 0.15) is 0 Å². The molecule has 0 aliphatic carbocycles. The van der Waals surface area contributed by atoms with Crippen LogP contribution in [0.15, 0.2) is 6.07 Å². The number of Topliss-reactive ketones (excluding diaryl/α,β-unsaturated/α-hetero) is 1. The monoisotopic (exact) mass is 225 g/mol. The lowest BCUT2D eigenvalue weighted by atomic mass is 10.1. The van der Waals surface area contributed by atoms with Crippen molar-refractivity contribution in [2.45, 2.75) is 33.7 Å². The zero-order valence-electron chi connectivity index (χ0n) is 10.1. The van der Waals surface area contributed by atoms with Gasteiger partial charge in [-0.05, 0) is 40.8 Å². The minimum Gasteiger partial charge on any atom is -0.296 e. The summed E-state index contributed by atoms with van der Waals surface area (Å²) in [5.41, 5.74) is 0.894. The number of nitrogens with zero attached hydrogens (tertiary/aromatic N) is 1. The van der Waals surface area contributed by atoms with Crippen molar-refractivity contribution in [3.8, 4) is 0 Å². The van der Waals surface area contributed by atoms with E-state index in [1.807, 2.05) is 27.0 Å². The fraction of sp³-hybridized carbons (Fsp3) is 0.583. The minimum atomic E-state index is 0.230. The Labute approximate surface area is 95.9 Å². The van der Waals surface area contributed by atoms with Crippen LogP contribution in [0.3, 0.4) is 0 Å². The maximum absolute atomic E-state index is 12.0. The molecule has 0 radical (unpaired) electrons. The topological polar surface area (TPSA) is 20.3 Å². The molecule has 0 saturated heterocycles. The van der Waals surface area contributed by atoms with Crippen LogP contribution < -0.4 is 0 Å². The number of likely N-dealkylation sites (N-methyl/N-ethyl adjacent to an activating group) is 1. The van der Waals surface area contributed by atoms with Crippen LogP contribution in [0, 0.1) is 13.8 Å². The van der Waals surface area contributed by atoms with E-state index < -0.39 is 0 Å². The van der Waals surface area contributed by atoms with Gasteiger partial charge in [0, 0.05) is 21.4 Å². The van der Waals surface area contributed by atoms with Gasteiger partial charge in [-0.2, -0.15) is 0 Å². The second-order valence-corrected chi connectivity index (χ2v) is 5.72. The van der Waals surface area contributed by atoms with Gasteiger partial charge < -0.3 is 0 Å². The number of carbonyl (C=O) groups excluding carboxylic acids is 1. The number of hydrogen-bond donors (Lipinski definition) is 0. The largest absolute Gasteiger partial charge is 0.296 e. The Morgan fingerprint density at radius 3 is 2.47 bits per heavy atom. The number of carbonyl (C=O) groups is 1. The van der Waals surface area contributed by atoms with Crippen molar-refractivity contribution in [3.63, 3.8) is 0 Å². The summed E-state index contributed by atoms with van der Waals surface area (Å²) in [6.07, 6.45) is 0. The summed E-state index contributed by atoms with van der Waals surface area (Å²) >= 11 is 1.69. The SMILES string of the molecule is Cc1cc(C(=O)CN(C)C(C)C)c(C)s1. The van der Waals surface area contributed by atoms with Crippen molar-refractivity contribution in [1.82, 2.24) is 4.90 Å². The fourth-order valence-corrected chi connectivity index (χ4v) is 2.34. The molecule has 0 bridgehead atoms. The molecule has 0 saturated carbocycles. The van der Waals surface area contributed by atoms with Crippen LogP contribution in [0.1, 0.15) is 34.0 Å². The molecule has 0 aromatic carbocycles. The van der Waals surface area contributed by atoms with Gasteiger partial charge >= 0.3 is 0 Å². The maximum atomic E-state index is 12.0. The van der Waals surface area contributed by atoms with Crippen LogP contribution in [0.25, 0.3) is 0 Å². The van der Waals surface area contributed by atoms with Crippen LogP contribution in [0.5, 0.6) is 0 Å². The molecule has 15 heavy (non-hydrogen) atoms. The Hall–Kier alpha value is -0.670. The first-order valence-electron chi connectivity index (χ1n) is 5.22. The molecular weight excluding hydrogens is 206 g/mol. The highest BCUT2D eigenvalue weighted by Gasteiger charge is 2.15. The summed E-state index contributed by atoms with van der Waals surface area (Å²) < 4.78 is 0. The zero-order chi connectivity index (χ0) is 11.6. The van der Waals surface area contributed by atoms with Gasteiger partial charge in [0.25, 0.3) is 0 Å². The number of ketones is 1. The van der Waals surface area contributed by atoms with Crippen molar-refractivity contribution in [1.29, 1.82) is 0 Å². The molecular formula is C12H19NOS. The molecule has 1 rings (SSSR count). The lowest BCUT2D eigenvalue weighted by Crippen LogP contribution is -2.31. The van der Waals surface area contributed by atoms with E-state index >= 15 is 0 Å². The van der Waals surface area contributed by atoms with Crippen LogP contribution in [-0.2, 0) is 0 Å². The zero-order valence-corrected chi connectivity index (χ0v) is 10.9. The Kier molecular flexibility index (Phi) is 4.05. The average molecular weight is 225 g/mol. The van der Waals surface area contributed by atoms with E-state index in [2.05, 4.69) is 18.7 Å². The summed E-state index contributed by atoms with van der Waals surface area (Å²) in [5.74, 6) is 0.230. The van der Waals surface area contributed by atoms with Crippen LogP contribution >= 0.6 is 11.3 Å². The van der Waals surface area contributed by atoms with Crippen molar-refractivity contribution in [2.24, 2.45) is 0 Å². The molecule has 1 heterocycles. The molecule has 0 fully saturated rings. The van der Waals surface area contributed by atoms with E-state index in [-0.39, 0.29) is 5.78 Å². The Morgan fingerprint density at radius 2 is 2.07 bits per heavy atom. The fourth-order valence-electron chi connectivity index (χ4n) is 1.40. The third kappa shape index (κ3) is 3.14. The number of thiophene rings is 1. The van der Waals surface area contributed by atoms with Crippen molar-refractivity contribution in [2.75, 3.05) is 13.6 Å². The van der Waals surface area contributed by atoms with Gasteiger partial charge in [-0.1, -0.05) is 0 Å². The molecule has 84 valence electrons. The first kappa shape index (κ1) is 12.4. The van der Waals surface area contributed by atoms with E-state index in [1.165, 1.54) is 4.88 Å². The standard InChI is InChI=1S/C12H19NOS/c1-8(2)13(5)7-12(14)11-6-9(3)15-10(11)4/h6,8H,7H2,1-5H3. The van der Waals surface area contributed by atoms with Crippen LogP contribution in [0.2, 0.25) is 0 Å². The first-order chi connectivity index (χ1) is 6.91. The van der Waals surface area contributed by atoms with Crippen LogP contribution in [-0.4, -0.2) is 30.3 Å². The van der Waals surface area contributed by atoms with Gasteiger partial charge in [0.15, 0.2) is 5.78 Å². The molecule has 0 aliphatic rings. The second kappa shape index (κ2) is 4.90. The van der Waals surface area contributed by atoms with E-state index in [1.54, 1.807) is 11.3 Å². The predicted molar refractivity (Wildman–Crippen MR) is 65.9 cm³/mol. The van der Waals surface area contributed by atoms with E-state index in [0.29, 0.717) is 12.6 Å². The summed E-state index contributed by atoms with van der Waals surface area (Å²) in [4.78, 5) is 16.4. The molecule has 1 aromatic rings. The van der Waals surface area contributed by atoms with E-state index in [0.717, 1.165) is 10.4 Å². The Morgan fingerprint density at radius 1 is 1.47 bits per heavy atom. The molecule has 0 unspecified atom stereocenters. The van der Waals surface area contributed by atoms with Gasteiger partial charge in [0.05, 0.1) is 6.54 Å². The molecule has 0 amide bonds. The lowest BCUT2D eigenvalue weighted by molar-refractivity contribution is 0.0929. The first-order valence-corrected chi connectivity index (χ1v) is 6.04. The smallest absolute Gasteiger partial charge is 0.177 e. The summed E-state index contributed by atoms with van der Waals surface area (Å²) in [5, 5.41) is 0. The quantitative estimate of drug-likeness (QED) is 0.734. The molecule has 0 spiro atoms. The third-order valence-electron chi connectivity index (χ3n) is 2.62. The normalized spacial score (nSPS) is 11.4. The van der Waals surface area contributed by atoms with Crippen molar-refractivity contribution in [3.05, 3.63) is 21.4 Å². The Balaban J connectivity index is 2.73. The maximum Gasteiger partial charge on any atom is 0.177 e. The summed E-state index contributed by atoms with van der Waals surface area (Å²) in [6.45, 7) is 8.76. The van der Waals surface area contributed by atoms with Gasteiger partial charge in [-0.3, -0.25) is 9.69 Å². The van der Waals surface area contributed by atoms with Crippen LogP contribution in [0.4, 0.5) is 0 Å². The lowest BCUT2D eigenvalue weighted by Gasteiger charge is -2.19. The second-order valence-electron chi connectivity index (χ2n) is 4.26. The molecule has 0 N–H and O–H groups in total. The number of hydrogen-bond acceptors (Lipinski definition) is 3. The molecule has 3 heteroatoms. The van der Waals surface area contributed by atoms with Crippen molar-refractivity contribution >= 4 is 17.1 Å². The molecule has 2 nitrogen and oxygen atoms in total. The third-order valence-corrected chi connectivity index (χ3v) is 3.58. The number of rotatable bonds is 4. The predicted octanol–water partition coefficient (Wildman–Crippen LogP) is 2.89. The van der Waals surface area contributed by atoms with Gasteiger partial charge in [0.2, 0.25) is 0 Å². The highest BCUT2D eigenvalue weighted by molar-refractivity contribution is 7.12. The highest BCUT2D eigenvalue weighted by atomic mass is 32.1. The Bertz CT molecular complexity index is 355. The van der Waals surface area contributed by atoms with Gasteiger partial charge in [-0.15, -0.1) is 11.3 Å². The van der Waals surface area contributed by atoms with E-state index in [4.69, 9.17) is 0 Å². The average Bonchev–Trinajstić information content (AvgIpc) is 2.44. The van der Waals surface area contributed by atoms with E-state index in [9.17, 15) is 4.79 Å². The van der Waals surface area contributed by atoms with Crippen molar-refractivity contribution < 1.29 is 4.79 Å². The highest BCUT2D eigenvalue weighted by Crippen LogP contribution is 2.21. The van der Waals surface area contributed by atoms with Gasteiger partial charge in [-0.25, -0.2) is 0 Å². The summed E-state index contributed by atoms with van der Waals surface area (Å²) in [7, 11) is 1.98. The number of aryl methyl sites for hydroxylation is 2. The molecule has 0 atom stereocenters. The summed E-state index contributed by atoms with van der Waals surface area (Å²) in [6, 6.07) is 2.41. The minimum absolute atomic E-state index is 0.230. The molecule has 1 aromatic heterocycles.